The molecule has 4 rings (SSSR count). The van der Waals surface area contributed by atoms with Gasteiger partial charge in [-0.3, -0.25) is 4.79 Å². The fraction of sp³-hybridized carbons (Fsp3) is 0.238. The quantitative estimate of drug-likeness (QED) is 0.768. The Morgan fingerprint density at radius 2 is 1.93 bits per heavy atom. The van der Waals surface area contributed by atoms with Crippen molar-refractivity contribution in [1.29, 1.82) is 0 Å². The number of aromatic nitrogens is 1. The first-order valence-electron chi connectivity index (χ1n) is 8.81. The van der Waals surface area contributed by atoms with Gasteiger partial charge in [-0.15, -0.1) is 0 Å². The Labute approximate surface area is 157 Å². The van der Waals surface area contributed by atoms with Crippen molar-refractivity contribution in [2.24, 2.45) is 0 Å². The number of hydrogen-bond acceptors (Lipinski definition) is 5. The number of pyridine rings is 1. The number of carbonyl (C=O) groups excluding carboxylic acids is 1. The van der Waals surface area contributed by atoms with Gasteiger partial charge >= 0.3 is 0 Å². The lowest BCUT2D eigenvalue weighted by Crippen LogP contribution is -2.23. The van der Waals surface area contributed by atoms with Gasteiger partial charge in [-0.1, -0.05) is 24.3 Å². The Balaban J connectivity index is 1.94. The van der Waals surface area contributed by atoms with E-state index in [-0.39, 0.29) is 5.91 Å². The van der Waals surface area contributed by atoms with E-state index in [2.05, 4.69) is 0 Å². The number of nitrogens with zero attached hydrogens (tertiary/aromatic N) is 2. The van der Waals surface area contributed by atoms with Crippen molar-refractivity contribution in [1.82, 2.24) is 9.88 Å². The lowest BCUT2D eigenvalue weighted by Gasteiger charge is -2.13. The zero-order valence-corrected chi connectivity index (χ0v) is 15.6. The van der Waals surface area contributed by atoms with Crippen LogP contribution in [0.3, 0.4) is 0 Å². The van der Waals surface area contributed by atoms with Crippen molar-refractivity contribution >= 4 is 22.5 Å². The molecular weight excluding hydrogens is 342 g/mol. The van der Waals surface area contributed by atoms with Crippen LogP contribution in [0.5, 0.6) is 11.5 Å². The number of fused-ring (bicyclic) bond motifs is 2. The molecule has 0 saturated carbocycles. The number of anilines is 1. The second kappa shape index (κ2) is 6.46. The van der Waals surface area contributed by atoms with E-state index in [4.69, 9.17) is 20.2 Å². The summed E-state index contributed by atoms with van der Waals surface area (Å²) in [5.74, 6) is 1.27. The zero-order chi connectivity index (χ0) is 19.1. The normalized spacial score (nSPS) is 13.1. The van der Waals surface area contributed by atoms with Crippen LogP contribution in [0.15, 0.2) is 36.4 Å². The molecule has 0 unspecified atom stereocenters. The van der Waals surface area contributed by atoms with Crippen molar-refractivity contribution in [2.75, 3.05) is 26.5 Å². The standard InChI is InChI=1S/C21H21N3O3/c1-4-24-11-15-18(21(24)25)19(22)14-7-5-6-13(20(14)23-15)12-8-9-16(26-2)17(10-12)27-3/h5-10H,4,11H2,1-3H3,(H2,22,23). The van der Waals surface area contributed by atoms with Crippen LogP contribution < -0.4 is 15.2 Å². The summed E-state index contributed by atoms with van der Waals surface area (Å²) in [4.78, 5) is 19.2. The summed E-state index contributed by atoms with van der Waals surface area (Å²) in [6, 6.07) is 11.6. The van der Waals surface area contributed by atoms with Gasteiger partial charge in [-0.25, -0.2) is 4.98 Å². The van der Waals surface area contributed by atoms with Crippen LogP contribution in [0.2, 0.25) is 0 Å². The second-order valence-electron chi connectivity index (χ2n) is 6.44. The fourth-order valence-electron chi connectivity index (χ4n) is 3.62. The Morgan fingerprint density at radius 1 is 1.15 bits per heavy atom. The van der Waals surface area contributed by atoms with Gasteiger partial charge in [0.25, 0.3) is 5.91 Å². The SMILES string of the molecule is CCN1Cc2nc3c(-c4ccc(OC)c(OC)c4)cccc3c(N)c2C1=O. The van der Waals surface area contributed by atoms with Crippen LogP contribution >= 0.6 is 0 Å². The number of para-hydroxylation sites is 1. The number of nitrogen functional groups attached to an aromatic ring is 1. The molecule has 0 saturated heterocycles. The fourth-order valence-corrected chi connectivity index (χ4v) is 3.62. The van der Waals surface area contributed by atoms with Gasteiger partial charge in [0.05, 0.1) is 43.2 Å². The maximum Gasteiger partial charge on any atom is 0.258 e. The van der Waals surface area contributed by atoms with Gasteiger partial charge < -0.3 is 20.1 Å². The highest BCUT2D eigenvalue weighted by molar-refractivity contribution is 6.11. The molecule has 0 radical (unpaired) electrons. The van der Waals surface area contributed by atoms with Crippen LogP contribution in [0.4, 0.5) is 5.69 Å². The molecule has 138 valence electrons. The number of methoxy groups -OCH3 is 2. The molecule has 1 aromatic heterocycles. The predicted octanol–water partition coefficient (Wildman–Crippen LogP) is 3.48. The van der Waals surface area contributed by atoms with E-state index >= 15 is 0 Å². The van der Waals surface area contributed by atoms with Gasteiger partial charge in [0.1, 0.15) is 0 Å². The Morgan fingerprint density at radius 3 is 2.63 bits per heavy atom. The minimum atomic E-state index is -0.0454. The molecule has 1 aliphatic heterocycles. The van der Waals surface area contributed by atoms with Crippen LogP contribution in [0, 0.1) is 0 Å². The number of hydrogen-bond donors (Lipinski definition) is 1. The topological polar surface area (TPSA) is 77.7 Å². The van der Waals surface area contributed by atoms with Crippen molar-refractivity contribution < 1.29 is 14.3 Å². The first kappa shape index (κ1) is 17.1. The van der Waals surface area contributed by atoms with Crippen LogP contribution in [0.25, 0.3) is 22.0 Å². The summed E-state index contributed by atoms with van der Waals surface area (Å²) < 4.78 is 10.8. The minimum Gasteiger partial charge on any atom is -0.493 e. The Bertz CT molecular complexity index is 1060. The summed E-state index contributed by atoms with van der Waals surface area (Å²) in [5, 5.41) is 0.785. The van der Waals surface area contributed by atoms with Crippen LogP contribution in [0.1, 0.15) is 23.0 Å². The summed E-state index contributed by atoms with van der Waals surface area (Å²) >= 11 is 0. The molecule has 0 bridgehead atoms. The van der Waals surface area contributed by atoms with E-state index in [1.807, 2.05) is 43.3 Å². The largest absolute Gasteiger partial charge is 0.493 e. The third-order valence-corrected chi connectivity index (χ3v) is 5.05. The highest BCUT2D eigenvalue weighted by Crippen LogP contribution is 2.38. The third-order valence-electron chi connectivity index (χ3n) is 5.05. The molecule has 2 heterocycles. The summed E-state index contributed by atoms with van der Waals surface area (Å²) in [5.41, 5.74) is 10.8. The number of ether oxygens (including phenoxy) is 2. The molecule has 0 spiro atoms. The summed E-state index contributed by atoms with van der Waals surface area (Å²) in [6.07, 6.45) is 0. The Kier molecular flexibility index (Phi) is 4.11. The molecule has 6 heteroatoms. The monoisotopic (exact) mass is 363 g/mol. The molecule has 2 aromatic carbocycles. The minimum absolute atomic E-state index is 0.0454. The molecule has 6 nitrogen and oxygen atoms in total. The molecular formula is C21H21N3O3. The smallest absolute Gasteiger partial charge is 0.258 e. The highest BCUT2D eigenvalue weighted by Gasteiger charge is 2.31. The molecule has 2 N–H and O–H groups in total. The van der Waals surface area contributed by atoms with Gasteiger partial charge in [-0.2, -0.15) is 0 Å². The van der Waals surface area contributed by atoms with E-state index < -0.39 is 0 Å². The number of amides is 1. The van der Waals surface area contributed by atoms with Gasteiger partial charge in [-0.05, 0) is 24.6 Å². The molecule has 1 aliphatic rings. The maximum absolute atomic E-state index is 12.6. The number of rotatable bonds is 4. The van der Waals surface area contributed by atoms with Crippen molar-refractivity contribution in [3.63, 3.8) is 0 Å². The van der Waals surface area contributed by atoms with Crippen molar-refractivity contribution in [2.45, 2.75) is 13.5 Å². The second-order valence-corrected chi connectivity index (χ2v) is 6.44. The first-order chi connectivity index (χ1) is 13.1. The predicted molar refractivity (Wildman–Crippen MR) is 105 cm³/mol. The lowest BCUT2D eigenvalue weighted by atomic mass is 9.99. The molecule has 0 atom stereocenters. The maximum atomic E-state index is 12.6. The van der Waals surface area contributed by atoms with Crippen LogP contribution in [-0.4, -0.2) is 36.6 Å². The first-order valence-corrected chi connectivity index (χ1v) is 8.81. The molecule has 1 amide bonds. The average molecular weight is 363 g/mol. The zero-order valence-electron chi connectivity index (χ0n) is 15.6. The van der Waals surface area contributed by atoms with E-state index in [0.717, 1.165) is 27.7 Å². The van der Waals surface area contributed by atoms with E-state index in [1.165, 1.54) is 0 Å². The summed E-state index contributed by atoms with van der Waals surface area (Å²) in [7, 11) is 3.22. The lowest BCUT2D eigenvalue weighted by molar-refractivity contribution is 0.0787. The van der Waals surface area contributed by atoms with E-state index in [0.29, 0.717) is 35.8 Å². The molecule has 27 heavy (non-hydrogen) atoms. The third kappa shape index (κ3) is 2.56. The molecule has 0 aliphatic carbocycles. The van der Waals surface area contributed by atoms with Crippen molar-refractivity contribution in [3.05, 3.63) is 47.7 Å². The molecule has 3 aromatic rings. The molecule has 0 fully saturated rings. The van der Waals surface area contributed by atoms with Gasteiger partial charge in [0, 0.05) is 17.5 Å². The van der Waals surface area contributed by atoms with E-state index in [9.17, 15) is 4.79 Å². The number of carbonyl (C=O) groups is 1. The highest BCUT2D eigenvalue weighted by atomic mass is 16.5. The van der Waals surface area contributed by atoms with Gasteiger partial charge in [0.15, 0.2) is 11.5 Å². The van der Waals surface area contributed by atoms with Crippen molar-refractivity contribution in [3.8, 4) is 22.6 Å². The number of nitrogens with two attached hydrogens (primary N) is 1. The van der Waals surface area contributed by atoms with Gasteiger partial charge in [0.2, 0.25) is 0 Å². The number of benzene rings is 2. The van der Waals surface area contributed by atoms with E-state index in [1.54, 1.807) is 19.1 Å². The summed E-state index contributed by atoms with van der Waals surface area (Å²) in [6.45, 7) is 3.08. The average Bonchev–Trinajstić information content (AvgIpc) is 3.03. The Hall–Kier alpha value is -3.28. The van der Waals surface area contributed by atoms with Crippen LogP contribution in [-0.2, 0) is 6.54 Å².